The summed E-state index contributed by atoms with van der Waals surface area (Å²) in [7, 11) is -4.87. The van der Waals surface area contributed by atoms with Gasteiger partial charge in [-0.1, -0.05) is 0 Å². The predicted octanol–water partition coefficient (Wildman–Crippen LogP) is -3.72. The van der Waals surface area contributed by atoms with Crippen molar-refractivity contribution in [2.45, 2.75) is 35.8 Å². The highest BCUT2D eigenvalue weighted by atomic mass is 32.2. The third-order valence-electron chi connectivity index (χ3n) is 2.69. The third-order valence-corrected chi connectivity index (χ3v) is 3.77. The second kappa shape index (κ2) is 5.57. The largest absolute Gasteiger partial charge is 0.388 e. The van der Waals surface area contributed by atoms with Crippen molar-refractivity contribution in [1.82, 2.24) is 0 Å². The van der Waals surface area contributed by atoms with E-state index in [1.165, 1.54) is 0 Å². The molecule has 1 aliphatic rings. The lowest BCUT2D eigenvalue weighted by molar-refractivity contribution is -0.210. The van der Waals surface area contributed by atoms with Crippen molar-refractivity contribution in [3.05, 3.63) is 0 Å². The fraction of sp³-hybridized carbons (Fsp3) is 0.875. The summed E-state index contributed by atoms with van der Waals surface area (Å²) in [6.07, 6.45) is -8.77. The molecule has 0 spiro atoms. The Labute approximate surface area is 102 Å². The van der Waals surface area contributed by atoms with Crippen LogP contribution < -0.4 is 0 Å². The van der Waals surface area contributed by atoms with Crippen LogP contribution in [0.4, 0.5) is 0 Å². The minimum Gasteiger partial charge on any atom is -0.388 e. The Hall–Kier alpha value is -0.620. The van der Waals surface area contributed by atoms with Crippen LogP contribution in [0.15, 0.2) is 0 Å². The van der Waals surface area contributed by atoms with Crippen molar-refractivity contribution in [2.24, 2.45) is 0 Å². The van der Waals surface area contributed by atoms with Gasteiger partial charge in [-0.2, -0.15) is 8.42 Å². The van der Waals surface area contributed by atoms with Crippen LogP contribution in [0.3, 0.4) is 0 Å². The van der Waals surface area contributed by atoms with E-state index in [9.17, 15) is 28.5 Å². The van der Waals surface area contributed by atoms with Gasteiger partial charge in [-0.05, 0) is 0 Å². The minimum absolute atomic E-state index is 0.215. The first kappa shape index (κ1) is 15.4. The quantitative estimate of drug-likeness (QED) is 0.258. The van der Waals surface area contributed by atoms with E-state index in [2.05, 4.69) is 0 Å². The summed E-state index contributed by atoms with van der Waals surface area (Å²) in [5.41, 5.74) is 0. The highest BCUT2D eigenvalue weighted by Crippen LogP contribution is 2.21. The third kappa shape index (κ3) is 3.03. The molecule has 0 saturated carbocycles. The SMILES string of the molecule is O=CC(C(O)[C@H]1OC[C@@H](O)[C@@H](O)[C@@H]1O)S(=O)(=O)O. The lowest BCUT2D eigenvalue weighted by atomic mass is 9.95. The molecule has 1 saturated heterocycles. The number of hydrogen-bond donors (Lipinski definition) is 5. The fourth-order valence-corrected chi connectivity index (χ4v) is 2.29. The first-order valence-electron chi connectivity index (χ1n) is 4.95. The van der Waals surface area contributed by atoms with Crippen molar-refractivity contribution in [3.8, 4) is 0 Å². The number of ether oxygens (including phenoxy) is 1. The van der Waals surface area contributed by atoms with Crippen LogP contribution in [-0.4, -0.2) is 82.1 Å². The maximum absolute atomic E-state index is 10.8. The van der Waals surface area contributed by atoms with Crippen LogP contribution in [0.5, 0.6) is 0 Å². The van der Waals surface area contributed by atoms with E-state index in [1.54, 1.807) is 0 Å². The van der Waals surface area contributed by atoms with Gasteiger partial charge in [0.1, 0.15) is 36.8 Å². The van der Waals surface area contributed by atoms with Gasteiger partial charge < -0.3 is 30.0 Å². The second-order valence-corrected chi connectivity index (χ2v) is 5.53. The Kier molecular flexibility index (Phi) is 4.78. The number of rotatable bonds is 4. The average Bonchev–Trinajstić information content (AvgIpc) is 2.25. The zero-order valence-corrected chi connectivity index (χ0v) is 9.84. The molecule has 18 heavy (non-hydrogen) atoms. The molecule has 0 bridgehead atoms. The van der Waals surface area contributed by atoms with Crippen molar-refractivity contribution in [1.29, 1.82) is 0 Å². The van der Waals surface area contributed by atoms with E-state index < -0.39 is 52.5 Å². The lowest BCUT2D eigenvalue weighted by Gasteiger charge is -2.38. The van der Waals surface area contributed by atoms with Crippen LogP contribution in [0.25, 0.3) is 0 Å². The van der Waals surface area contributed by atoms with Gasteiger partial charge in [0, 0.05) is 0 Å². The highest BCUT2D eigenvalue weighted by molar-refractivity contribution is 7.87. The Morgan fingerprint density at radius 2 is 1.78 bits per heavy atom. The molecule has 6 atom stereocenters. The van der Waals surface area contributed by atoms with E-state index in [-0.39, 0.29) is 6.29 Å². The fourth-order valence-electron chi connectivity index (χ4n) is 1.64. The molecule has 0 aromatic heterocycles. The number of carbonyl (C=O) groups excluding carboxylic acids is 1. The van der Waals surface area contributed by atoms with Crippen LogP contribution >= 0.6 is 0 Å². The van der Waals surface area contributed by atoms with Crippen LogP contribution in [-0.2, 0) is 19.6 Å². The molecule has 2 unspecified atom stereocenters. The molecule has 0 aromatic carbocycles. The Morgan fingerprint density at radius 3 is 2.22 bits per heavy atom. The van der Waals surface area contributed by atoms with Crippen LogP contribution in [0.1, 0.15) is 0 Å². The zero-order valence-electron chi connectivity index (χ0n) is 9.03. The van der Waals surface area contributed by atoms with Gasteiger partial charge in [-0.15, -0.1) is 0 Å². The van der Waals surface area contributed by atoms with Gasteiger partial charge in [-0.3, -0.25) is 4.55 Å². The van der Waals surface area contributed by atoms with E-state index in [0.29, 0.717) is 0 Å². The first-order chi connectivity index (χ1) is 8.20. The molecule has 10 heteroatoms. The number of aliphatic hydroxyl groups excluding tert-OH is 4. The molecule has 1 heterocycles. The minimum atomic E-state index is -4.87. The molecule has 0 amide bonds. The predicted molar refractivity (Wildman–Crippen MR) is 55.2 cm³/mol. The van der Waals surface area contributed by atoms with Crippen molar-refractivity contribution in [2.75, 3.05) is 6.61 Å². The Balaban J connectivity index is 2.90. The average molecular weight is 286 g/mol. The zero-order chi connectivity index (χ0) is 14.1. The second-order valence-electron chi connectivity index (χ2n) is 3.95. The lowest BCUT2D eigenvalue weighted by Crippen LogP contribution is -2.59. The summed E-state index contributed by atoms with van der Waals surface area (Å²) >= 11 is 0. The van der Waals surface area contributed by atoms with Crippen LogP contribution in [0, 0.1) is 0 Å². The number of carbonyl (C=O) groups is 1. The maximum atomic E-state index is 10.8. The van der Waals surface area contributed by atoms with Crippen LogP contribution in [0.2, 0.25) is 0 Å². The van der Waals surface area contributed by atoms with E-state index in [0.717, 1.165) is 0 Å². The van der Waals surface area contributed by atoms with E-state index in [4.69, 9.17) is 14.4 Å². The van der Waals surface area contributed by atoms with Gasteiger partial charge in [0.2, 0.25) is 0 Å². The molecule has 0 radical (unpaired) electrons. The molecule has 0 aliphatic carbocycles. The summed E-state index contributed by atoms with van der Waals surface area (Å²) < 4.78 is 35.1. The number of aliphatic hydroxyl groups is 4. The summed E-state index contributed by atoms with van der Waals surface area (Å²) in [6.45, 7) is -0.461. The van der Waals surface area contributed by atoms with E-state index >= 15 is 0 Å². The van der Waals surface area contributed by atoms with Gasteiger partial charge in [0.25, 0.3) is 10.1 Å². The molecule has 0 aromatic rings. The summed E-state index contributed by atoms with van der Waals surface area (Å²) in [5, 5.41) is 35.4. The molecular formula is C8H14O9S. The van der Waals surface area contributed by atoms with Gasteiger partial charge in [0.15, 0.2) is 5.25 Å². The molecule has 106 valence electrons. The summed E-state index contributed by atoms with van der Waals surface area (Å²) in [6, 6.07) is 0. The maximum Gasteiger partial charge on any atom is 0.277 e. The van der Waals surface area contributed by atoms with Crippen molar-refractivity contribution < 1.29 is 42.9 Å². The first-order valence-corrected chi connectivity index (χ1v) is 6.46. The monoisotopic (exact) mass is 286 g/mol. The summed E-state index contributed by atoms with van der Waals surface area (Å²) in [5.74, 6) is 0. The van der Waals surface area contributed by atoms with Crippen molar-refractivity contribution >= 4 is 16.4 Å². The Bertz CT molecular complexity index is 393. The topological polar surface area (TPSA) is 162 Å². The smallest absolute Gasteiger partial charge is 0.277 e. The standard InChI is InChI=1S/C8H14O9S/c9-1-4(18(14,15)16)6(12)8-7(13)5(11)3(10)2-17-8/h1,3-8,10-13H,2H2,(H,14,15,16)/t3-,4?,5-,6?,7+,8-/m1/s1. The van der Waals surface area contributed by atoms with Gasteiger partial charge >= 0.3 is 0 Å². The normalized spacial score (nSPS) is 36.9. The molecule has 1 aliphatic heterocycles. The highest BCUT2D eigenvalue weighted by Gasteiger charge is 2.46. The molecule has 5 N–H and O–H groups in total. The molecule has 1 fully saturated rings. The van der Waals surface area contributed by atoms with Crippen molar-refractivity contribution in [3.63, 3.8) is 0 Å². The molecule has 1 rings (SSSR count). The van der Waals surface area contributed by atoms with Gasteiger partial charge in [-0.25, -0.2) is 0 Å². The van der Waals surface area contributed by atoms with Gasteiger partial charge in [0.05, 0.1) is 6.61 Å². The number of hydrogen-bond acceptors (Lipinski definition) is 8. The molecular weight excluding hydrogens is 272 g/mol. The number of aldehydes is 1. The molecule has 9 nitrogen and oxygen atoms in total. The van der Waals surface area contributed by atoms with E-state index in [1.807, 2.05) is 0 Å². The Morgan fingerprint density at radius 1 is 1.22 bits per heavy atom. The summed E-state index contributed by atoms with van der Waals surface area (Å²) in [4.78, 5) is 10.5.